The summed E-state index contributed by atoms with van der Waals surface area (Å²) in [7, 11) is 0. The summed E-state index contributed by atoms with van der Waals surface area (Å²) in [6, 6.07) is 10.4. The topological polar surface area (TPSA) is 38.9 Å². The van der Waals surface area contributed by atoms with Crippen LogP contribution in [0.5, 0.6) is 0 Å². The Morgan fingerprint density at radius 1 is 1.28 bits per heavy atom. The Balaban J connectivity index is 2.26. The summed E-state index contributed by atoms with van der Waals surface area (Å²) in [6.45, 7) is 4.21. The second-order valence-corrected chi connectivity index (χ2v) is 5.77. The first kappa shape index (κ1) is 13.2. The van der Waals surface area contributed by atoms with Crippen LogP contribution >= 0.6 is 11.3 Å². The van der Waals surface area contributed by atoms with Crippen LogP contribution in [-0.2, 0) is 12.0 Å². The standard InChI is InChI=1S/C15H20N2S/c1-3-9-15(16,13-7-5-4-6-8-13)10-14-17-12(2)11-18-14/h4-8,11H,3,9-10,16H2,1-2H3. The predicted molar refractivity (Wildman–Crippen MR) is 77.8 cm³/mol. The molecule has 0 aliphatic carbocycles. The minimum absolute atomic E-state index is 0.291. The van der Waals surface area contributed by atoms with E-state index >= 15 is 0 Å². The number of benzene rings is 1. The zero-order chi connectivity index (χ0) is 13.0. The van der Waals surface area contributed by atoms with Gasteiger partial charge in [-0.05, 0) is 18.9 Å². The third-order valence-electron chi connectivity index (χ3n) is 3.18. The van der Waals surface area contributed by atoms with Crippen molar-refractivity contribution < 1.29 is 0 Å². The number of aryl methyl sites for hydroxylation is 1. The fraction of sp³-hybridized carbons (Fsp3) is 0.400. The largest absolute Gasteiger partial charge is 0.321 e. The normalized spacial score (nSPS) is 14.4. The average Bonchev–Trinajstić information content (AvgIpc) is 2.76. The molecule has 1 atom stereocenters. The number of nitrogens with two attached hydrogens (primary N) is 1. The van der Waals surface area contributed by atoms with Gasteiger partial charge in [0.25, 0.3) is 0 Å². The van der Waals surface area contributed by atoms with Crippen LogP contribution in [0.3, 0.4) is 0 Å². The Labute approximate surface area is 113 Å². The molecule has 96 valence electrons. The molecule has 2 rings (SSSR count). The van der Waals surface area contributed by atoms with Gasteiger partial charge in [-0.3, -0.25) is 0 Å². The summed E-state index contributed by atoms with van der Waals surface area (Å²) in [5.74, 6) is 0. The summed E-state index contributed by atoms with van der Waals surface area (Å²) in [6.07, 6.45) is 2.88. The number of nitrogens with zero attached hydrogens (tertiary/aromatic N) is 1. The highest BCUT2D eigenvalue weighted by Gasteiger charge is 2.27. The van der Waals surface area contributed by atoms with Gasteiger partial charge in [-0.2, -0.15) is 0 Å². The fourth-order valence-electron chi connectivity index (χ4n) is 2.30. The molecule has 18 heavy (non-hydrogen) atoms. The zero-order valence-corrected chi connectivity index (χ0v) is 11.8. The molecular formula is C15H20N2S. The molecule has 0 aliphatic rings. The van der Waals surface area contributed by atoms with Crippen LogP contribution in [0.2, 0.25) is 0 Å². The fourth-order valence-corrected chi connectivity index (χ4v) is 3.20. The Bertz CT molecular complexity index is 492. The molecule has 1 aromatic carbocycles. The van der Waals surface area contributed by atoms with Crippen LogP contribution in [0, 0.1) is 6.92 Å². The Morgan fingerprint density at radius 2 is 2.00 bits per heavy atom. The lowest BCUT2D eigenvalue weighted by molar-refractivity contribution is 0.400. The van der Waals surface area contributed by atoms with Gasteiger partial charge < -0.3 is 5.73 Å². The highest BCUT2D eigenvalue weighted by molar-refractivity contribution is 7.09. The minimum Gasteiger partial charge on any atom is -0.321 e. The SMILES string of the molecule is CCCC(N)(Cc1nc(C)cs1)c1ccccc1. The van der Waals surface area contributed by atoms with E-state index in [9.17, 15) is 0 Å². The van der Waals surface area contributed by atoms with Crippen molar-refractivity contribution in [1.29, 1.82) is 0 Å². The molecule has 0 bridgehead atoms. The molecule has 1 aromatic heterocycles. The Kier molecular flexibility index (Phi) is 4.15. The molecular weight excluding hydrogens is 240 g/mol. The quantitative estimate of drug-likeness (QED) is 0.891. The van der Waals surface area contributed by atoms with E-state index in [1.165, 1.54) is 5.56 Å². The highest BCUT2D eigenvalue weighted by atomic mass is 32.1. The Hall–Kier alpha value is -1.19. The van der Waals surface area contributed by atoms with E-state index in [2.05, 4.69) is 41.6 Å². The third-order valence-corrected chi connectivity index (χ3v) is 4.14. The molecule has 3 heteroatoms. The van der Waals surface area contributed by atoms with Crippen LogP contribution < -0.4 is 5.73 Å². The average molecular weight is 260 g/mol. The molecule has 1 heterocycles. The van der Waals surface area contributed by atoms with E-state index < -0.39 is 0 Å². The van der Waals surface area contributed by atoms with Gasteiger partial charge in [-0.1, -0.05) is 43.7 Å². The van der Waals surface area contributed by atoms with E-state index in [1.54, 1.807) is 11.3 Å². The molecule has 0 saturated heterocycles. The molecule has 2 nitrogen and oxygen atoms in total. The van der Waals surface area contributed by atoms with Gasteiger partial charge in [0.1, 0.15) is 0 Å². The summed E-state index contributed by atoms with van der Waals surface area (Å²) >= 11 is 1.71. The van der Waals surface area contributed by atoms with Gasteiger partial charge in [0.15, 0.2) is 0 Å². The summed E-state index contributed by atoms with van der Waals surface area (Å²) < 4.78 is 0. The Morgan fingerprint density at radius 3 is 2.56 bits per heavy atom. The maximum absolute atomic E-state index is 6.64. The maximum Gasteiger partial charge on any atom is 0.0949 e. The molecule has 0 aliphatic heterocycles. The van der Waals surface area contributed by atoms with E-state index in [0.29, 0.717) is 0 Å². The van der Waals surface area contributed by atoms with Gasteiger partial charge in [0.05, 0.1) is 5.01 Å². The number of thiazole rings is 1. The summed E-state index contributed by atoms with van der Waals surface area (Å²) in [5.41, 5.74) is 8.64. The molecule has 0 saturated carbocycles. The molecule has 2 aromatic rings. The van der Waals surface area contributed by atoms with Gasteiger partial charge in [-0.15, -0.1) is 11.3 Å². The first-order chi connectivity index (χ1) is 8.64. The number of hydrogen-bond acceptors (Lipinski definition) is 3. The lowest BCUT2D eigenvalue weighted by atomic mass is 9.84. The van der Waals surface area contributed by atoms with Crippen LogP contribution in [0.25, 0.3) is 0 Å². The molecule has 1 unspecified atom stereocenters. The second kappa shape index (κ2) is 5.63. The van der Waals surface area contributed by atoms with Gasteiger partial charge in [0, 0.05) is 23.0 Å². The number of aromatic nitrogens is 1. The number of rotatable bonds is 5. The van der Waals surface area contributed by atoms with E-state index in [0.717, 1.165) is 30.0 Å². The van der Waals surface area contributed by atoms with Crippen molar-refractivity contribution in [3.05, 3.63) is 52.0 Å². The van der Waals surface area contributed by atoms with Crippen LogP contribution in [0.4, 0.5) is 0 Å². The van der Waals surface area contributed by atoms with Crippen molar-refractivity contribution in [3.8, 4) is 0 Å². The lowest BCUT2D eigenvalue weighted by Crippen LogP contribution is -2.38. The van der Waals surface area contributed by atoms with Crippen molar-refractivity contribution in [2.45, 2.75) is 38.6 Å². The van der Waals surface area contributed by atoms with E-state index in [1.807, 2.05) is 13.0 Å². The highest BCUT2D eigenvalue weighted by Crippen LogP contribution is 2.29. The van der Waals surface area contributed by atoms with Crippen molar-refractivity contribution in [2.24, 2.45) is 5.73 Å². The van der Waals surface area contributed by atoms with Crippen LogP contribution in [-0.4, -0.2) is 4.98 Å². The van der Waals surface area contributed by atoms with Crippen molar-refractivity contribution in [1.82, 2.24) is 4.98 Å². The molecule has 0 spiro atoms. The maximum atomic E-state index is 6.64. The first-order valence-electron chi connectivity index (χ1n) is 6.39. The lowest BCUT2D eigenvalue weighted by Gasteiger charge is -2.29. The monoisotopic (exact) mass is 260 g/mol. The van der Waals surface area contributed by atoms with E-state index in [4.69, 9.17) is 5.73 Å². The smallest absolute Gasteiger partial charge is 0.0949 e. The van der Waals surface area contributed by atoms with Crippen LogP contribution in [0.15, 0.2) is 35.7 Å². The van der Waals surface area contributed by atoms with Crippen molar-refractivity contribution >= 4 is 11.3 Å². The van der Waals surface area contributed by atoms with Crippen molar-refractivity contribution in [3.63, 3.8) is 0 Å². The van der Waals surface area contributed by atoms with Gasteiger partial charge >= 0.3 is 0 Å². The summed E-state index contributed by atoms with van der Waals surface area (Å²) in [5, 5.41) is 3.22. The molecule has 0 radical (unpaired) electrons. The van der Waals surface area contributed by atoms with Crippen molar-refractivity contribution in [2.75, 3.05) is 0 Å². The molecule has 0 fully saturated rings. The summed E-state index contributed by atoms with van der Waals surface area (Å²) in [4.78, 5) is 4.54. The molecule has 2 N–H and O–H groups in total. The number of hydrogen-bond donors (Lipinski definition) is 1. The van der Waals surface area contributed by atoms with Gasteiger partial charge in [-0.25, -0.2) is 4.98 Å². The predicted octanol–water partition coefficient (Wildman–Crippen LogP) is 3.65. The minimum atomic E-state index is -0.291. The van der Waals surface area contributed by atoms with Crippen LogP contribution in [0.1, 0.15) is 36.0 Å². The van der Waals surface area contributed by atoms with Gasteiger partial charge in [0.2, 0.25) is 0 Å². The second-order valence-electron chi connectivity index (χ2n) is 4.83. The van der Waals surface area contributed by atoms with E-state index in [-0.39, 0.29) is 5.54 Å². The molecule has 0 amide bonds. The third kappa shape index (κ3) is 2.98. The first-order valence-corrected chi connectivity index (χ1v) is 7.27. The zero-order valence-electron chi connectivity index (χ0n) is 11.0.